The molecule has 2 N–H and O–H groups in total. The predicted octanol–water partition coefficient (Wildman–Crippen LogP) is 3.71. The molecule has 6 heteroatoms. The molecule has 0 aliphatic heterocycles. The summed E-state index contributed by atoms with van der Waals surface area (Å²) in [5, 5.41) is 12.8. The molecule has 0 saturated carbocycles. The number of hydrogen-bond donors (Lipinski definition) is 2. The Bertz CT molecular complexity index is 681. The SMILES string of the molecule is CC(C)(C)Nc1nc(-c2ccccc2Cl)ncc1C(=O)O. The van der Waals surface area contributed by atoms with Gasteiger partial charge in [0.25, 0.3) is 0 Å². The molecule has 110 valence electrons. The summed E-state index contributed by atoms with van der Waals surface area (Å²) in [6.07, 6.45) is 1.29. The van der Waals surface area contributed by atoms with E-state index >= 15 is 0 Å². The number of rotatable bonds is 3. The standard InChI is InChI=1S/C15H16ClN3O2/c1-15(2,3)19-13-10(14(20)21)8-17-12(18-13)9-6-4-5-7-11(9)16/h4-8H,1-3H3,(H,20,21)(H,17,18,19). The van der Waals surface area contributed by atoms with Crippen molar-refractivity contribution in [1.29, 1.82) is 0 Å². The Morgan fingerprint density at radius 1 is 1.29 bits per heavy atom. The minimum absolute atomic E-state index is 0.0285. The molecule has 21 heavy (non-hydrogen) atoms. The summed E-state index contributed by atoms with van der Waals surface area (Å²) in [5.41, 5.74) is 0.366. The number of aromatic carboxylic acids is 1. The van der Waals surface area contributed by atoms with Crippen LogP contribution in [0.1, 0.15) is 31.1 Å². The van der Waals surface area contributed by atoms with Crippen molar-refractivity contribution in [2.45, 2.75) is 26.3 Å². The Balaban J connectivity index is 2.54. The molecule has 0 unspecified atom stereocenters. The van der Waals surface area contributed by atoms with Crippen LogP contribution in [-0.2, 0) is 0 Å². The molecular formula is C15H16ClN3O2. The number of anilines is 1. The van der Waals surface area contributed by atoms with Gasteiger partial charge in [0.15, 0.2) is 5.82 Å². The average molecular weight is 306 g/mol. The zero-order chi connectivity index (χ0) is 15.6. The molecule has 0 aliphatic rings. The molecule has 0 saturated heterocycles. The van der Waals surface area contributed by atoms with Gasteiger partial charge in [-0.05, 0) is 32.9 Å². The van der Waals surface area contributed by atoms with Crippen molar-refractivity contribution in [3.8, 4) is 11.4 Å². The molecule has 1 aromatic heterocycles. The molecular weight excluding hydrogens is 290 g/mol. The first-order valence-electron chi connectivity index (χ1n) is 6.41. The second-order valence-electron chi connectivity index (χ2n) is 5.62. The third-order valence-electron chi connectivity index (χ3n) is 2.63. The molecule has 5 nitrogen and oxygen atoms in total. The van der Waals surface area contributed by atoms with E-state index in [2.05, 4.69) is 15.3 Å². The molecule has 0 bridgehead atoms. The van der Waals surface area contributed by atoms with Crippen LogP contribution in [0, 0.1) is 0 Å². The highest BCUT2D eigenvalue weighted by Gasteiger charge is 2.19. The topological polar surface area (TPSA) is 75.1 Å². The molecule has 2 rings (SSSR count). The first-order valence-corrected chi connectivity index (χ1v) is 6.79. The summed E-state index contributed by atoms with van der Waals surface area (Å²) >= 11 is 6.13. The van der Waals surface area contributed by atoms with Crippen molar-refractivity contribution in [3.05, 3.63) is 41.0 Å². The predicted molar refractivity (Wildman–Crippen MR) is 82.8 cm³/mol. The van der Waals surface area contributed by atoms with Crippen LogP contribution in [-0.4, -0.2) is 26.6 Å². The van der Waals surface area contributed by atoms with Gasteiger partial charge in [-0.1, -0.05) is 23.7 Å². The highest BCUT2D eigenvalue weighted by molar-refractivity contribution is 6.33. The summed E-state index contributed by atoms with van der Waals surface area (Å²) in [6.45, 7) is 5.78. The van der Waals surface area contributed by atoms with E-state index in [1.165, 1.54) is 6.20 Å². The largest absolute Gasteiger partial charge is 0.477 e. The number of carboxylic acids is 1. The fourth-order valence-corrected chi connectivity index (χ4v) is 1.98. The number of nitrogens with zero attached hydrogens (tertiary/aromatic N) is 2. The van der Waals surface area contributed by atoms with Crippen LogP contribution < -0.4 is 5.32 Å². The first kappa shape index (κ1) is 15.3. The van der Waals surface area contributed by atoms with Gasteiger partial charge >= 0.3 is 5.97 Å². The number of carboxylic acid groups (broad SMARTS) is 1. The lowest BCUT2D eigenvalue weighted by atomic mass is 10.1. The van der Waals surface area contributed by atoms with Gasteiger partial charge in [0, 0.05) is 17.3 Å². The van der Waals surface area contributed by atoms with Gasteiger partial charge in [0.1, 0.15) is 11.4 Å². The van der Waals surface area contributed by atoms with Crippen LogP contribution in [0.2, 0.25) is 5.02 Å². The minimum Gasteiger partial charge on any atom is -0.477 e. The Morgan fingerprint density at radius 2 is 1.95 bits per heavy atom. The van der Waals surface area contributed by atoms with E-state index in [0.717, 1.165) is 0 Å². The number of halogens is 1. The number of benzene rings is 1. The van der Waals surface area contributed by atoms with E-state index in [-0.39, 0.29) is 16.9 Å². The summed E-state index contributed by atoms with van der Waals surface area (Å²) in [5.74, 6) is -0.412. The van der Waals surface area contributed by atoms with Crippen molar-refractivity contribution < 1.29 is 9.90 Å². The van der Waals surface area contributed by atoms with Crippen LogP contribution in [0.15, 0.2) is 30.5 Å². The van der Waals surface area contributed by atoms with E-state index < -0.39 is 5.97 Å². The first-order chi connectivity index (χ1) is 9.78. The zero-order valence-electron chi connectivity index (χ0n) is 12.0. The summed E-state index contributed by atoms with van der Waals surface area (Å²) < 4.78 is 0. The Hall–Kier alpha value is -2.14. The fraction of sp³-hybridized carbons (Fsp3) is 0.267. The number of aromatic nitrogens is 2. The van der Waals surface area contributed by atoms with Gasteiger partial charge in [-0.25, -0.2) is 14.8 Å². The monoisotopic (exact) mass is 305 g/mol. The van der Waals surface area contributed by atoms with Gasteiger partial charge in [-0.3, -0.25) is 0 Å². The third-order valence-corrected chi connectivity index (χ3v) is 2.96. The fourth-order valence-electron chi connectivity index (χ4n) is 1.76. The highest BCUT2D eigenvalue weighted by Crippen LogP contribution is 2.27. The van der Waals surface area contributed by atoms with E-state index in [4.69, 9.17) is 11.6 Å². The van der Waals surface area contributed by atoms with Crippen molar-refractivity contribution >= 4 is 23.4 Å². The van der Waals surface area contributed by atoms with Crippen molar-refractivity contribution in [3.63, 3.8) is 0 Å². The van der Waals surface area contributed by atoms with Crippen LogP contribution in [0.25, 0.3) is 11.4 Å². The quantitative estimate of drug-likeness (QED) is 0.904. The third kappa shape index (κ3) is 3.70. The lowest BCUT2D eigenvalue weighted by Crippen LogP contribution is -2.28. The molecule has 0 aliphatic carbocycles. The lowest BCUT2D eigenvalue weighted by molar-refractivity contribution is 0.0697. The normalized spacial score (nSPS) is 11.2. The molecule has 0 atom stereocenters. The Labute approximate surface area is 128 Å². The molecule has 0 fully saturated rings. The van der Waals surface area contributed by atoms with Gasteiger partial charge in [0.2, 0.25) is 0 Å². The maximum atomic E-state index is 11.3. The summed E-state index contributed by atoms with van der Waals surface area (Å²) in [6, 6.07) is 7.17. The number of carbonyl (C=O) groups is 1. The molecule has 1 aromatic carbocycles. The van der Waals surface area contributed by atoms with Gasteiger partial charge in [-0.15, -0.1) is 0 Å². The van der Waals surface area contributed by atoms with E-state index in [0.29, 0.717) is 16.4 Å². The molecule has 0 spiro atoms. The second-order valence-corrected chi connectivity index (χ2v) is 6.02. The maximum Gasteiger partial charge on any atom is 0.341 e. The molecule has 1 heterocycles. The molecule has 0 radical (unpaired) electrons. The minimum atomic E-state index is -1.08. The van der Waals surface area contributed by atoms with Gasteiger partial charge in [-0.2, -0.15) is 0 Å². The zero-order valence-corrected chi connectivity index (χ0v) is 12.8. The second kappa shape index (κ2) is 5.69. The van der Waals surface area contributed by atoms with Gasteiger partial charge in [0.05, 0.1) is 5.02 Å². The van der Waals surface area contributed by atoms with Crippen LogP contribution >= 0.6 is 11.6 Å². The molecule has 0 amide bonds. The number of hydrogen-bond acceptors (Lipinski definition) is 4. The van der Waals surface area contributed by atoms with E-state index in [1.54, 1.807) is 12.1 Å². The Morgan fingerprint density at radius 3 is 2.52 bits per heavy atom. The maximum absolute atomic E-state index is 11.3. The van der Waals surface area contributed by atoms with Crippen LogP contribution in [0.4, 0.5) is 5.82 Å². The van der Waals surface area contributed by atoms with E-state index in [1.807, 2.05) is 32.9 Å². The van der Waals surface area contributed by atoms with Gasteiger partial charge < -0.3 is 10.4 Å². The number of nitrogens with one attached hydrogen (secondary N) is 1. The smallest absolute Gasteiger partial charge is 0.341 e. The lowest BCUT2D eigenvalue weighted by Gasteiger charge is -2.22. The van der Waals surface area contributed by atoms with Crippen molar-refractivity contribution in [2.24, 2.45) is 0 Å². The van der Waals surface area contributed by atoms with Crippen LogP contribution in [0.3, 0.4) is 0 Å². The highest BCUT2D eigenvalue weighted by atomic mass is 35.5. The Kier molecular flexibility index (Phi) is 4.14. The van der Waals surface area contributed by atoms with Crippen LogP contribution in [0.5, 0.6) is 0 Å². The average Bonchev–Trinajstić information content (AvgIpc) is 2.37. The molecule has 2 aromatic rings. The summed E-state index contributed by atoms with van der Waals surface area (Å²) in [7, 11) is 0. The van der Waals surface area contributed by atoms with Crippen molar-refractivity contribution in [2.75, 3.05) is 5.32 Å². The summed E-state index contributed by atoms with van der Waals surface area (Å²) in [4.78, 5) is 19.7. The van der Waals surface area contributed by atoms with E-state index in [9.17, 15) is 9.90 Å². The van der Waals surface area contributed by atoms with Crippen molar-refractivity contribution in [1.82, 2.24) is 9.97 Å².